The average molecular weight is 284 g/mol. The summed E-state index contributed by atoms with van der Waals surface area (Å²) in [5.41, 5.74) is 3.13. The topological polar surface area (TPSA) is 12.9 Å². The molecule has 0 saturated carbocycles. The molecule has 0 saturated heterocycles. The third-order valence-corrected chi connectivity index (χ3v) is 3.34. The normalized spacial score (nSPS) is 10.5. The molecule has 3 aromatic rings. The maximum atomic E-state index is 13.8. The van der Waals surface area contributed by atoms with Crippen molar-refractivity contribution in [1.82, 2.24) is 4.98 Å². The molecule has 2 aromatic carbocycles. The molecular weight excluding hydrogens is 273 g/mol. The second-order valence-corrected chi connectivity index (χ2v) is 4.85. The van der Waals surface area contributed by atoms with E-state index in [1.165, 1.54) is 6.07 Å². The van der Waals surface area contributed by atoms with E-state index in [1.54, 1.807) is 24.4 Å². The third kappa shape index (κ3) is 2.56. The van der Waals surface area contributed by atoms with E-state index in [2.05, 4.69) is 4.98 Å². The number of nitrogens with zero attached hydrogens (tertiary/aromatic N) is 1. The lowest BCUT2D eigenvalue weighted by Gasteiger charge is -2.06. The number of pyridine rings is 1. The van der Waals surface area contributed by atoms with Crippen LogP contribution in [0.4, 0.5) is 4.39 Å². The highest BCUT2D eigenvalue weighted by molar-refractivity contribution is 6.30. The monoisotopic (exact) mass is 283 g/mol. The van der Waals surface area contributed by atoms with Crippen LogP contribution in [-0.2, 0) is 0 Å². The van der Waals surface area contributed by atoms with Crippen molar-refractivity contribution in [3.8, 4) is 22.4 Å². The Labute approximate surface area is 121 Å². The Balaban J connectivity index is 2.06. The van der Waals surface area contributed by atoms with Crippen molar-refractivity contribution in [3.05, 3.63) is 77.7 Å². The predicted molar refractivity (Wildman–Crippen MR) is 80.1 cm³/mol. The summed E-state index contributed by atoms with van der Waals surface area (Å²) in [4.78, 5) is 4.25. The van der Waals surface area contributed by atoms with Gasteiger partial charge in [0.15, 0.2) is 0 Å². The standard InChI is InChI=1S/C17H11ClFN/c18-14-7-5-12(6-8-14)13-9-10-20-17(11-13)15-3-1-2-4-16(15)19/h1-11H. The van der Waals surface area contributed by atoms with E-state index in [-0.39, 0.29) is 5.82 Å². The highest BCUT2D eigenvalue weighted by atomic mass is 35.5. The van der Waals surface area contributed by atoms with Crippen LogP contribution in [0.5, 0.6) is 0 Å². The van der Waals surface area contributed by atoms with Gasteiger partial charge in [-0.1, -0.05) is 35.9 Å². The summed E-state index contributed by atoms with van der Waals surface area (Å²) in [6, 6.07) is 17.9. The zero-order chi connectivity index (χ0) is 13.9. The first kappa shape index (κ1) is 12.8. The molecule has 3 heteroatoms. The van der Waals surface area contributed by atoms with Gasteiger partial charge in [0.1, 0.15) is 5.82 Å². The van der Waals surface area contributed by atoms with Crippen molar-refractivity contribution in [2.45, 2.75) is 0 Å². The van der Waals surface area contributed by atoms with Crippen molar-refractivity contribution < 1.29 is 4.39 Å². The van der Waals surface area contributed by atoms with Crippen LogP contribution in [0.1, 0.15) is 0 Å². The second-order valence-electron chi connectivity index (χ2n) is 4.42. The summed E-state index contributed by atoms with van der Waals surface area (Å²) < 4.78 is 13.8. The van der Waals surface area contributed by atoms with Gasteiger partial charge in [0.05, 0.1) is 5.69 Å². The van der Waals surface area contributed by atoms with Crippen LogP contribution in [0, 0.1) is 5.82 Å². The molecule has 0 N–H and O–H groups in total. The molecule has 0 fully saturated rings. The summed E-state index contributed by atoms with van der Waals surface area (Å²) >= 11 is 5.89. The lowest BCUT2D eigenvalue weighted by molar-refractivity contribution is 0.631. The minimum absolute atomic E-state index is 0.270. The Hall–Kier alpha value is -2.19. The van der Waals surface area contributed by atoms with Gasteiger partial charge in [-0.15, -0.1) is 0 Å². The first-order valence-corrected chi connectivity index (χ1v) is 6.59. The SMILES string of the molecule is Fc1ccccc1-c1cc(-c2ccc(Cl)cc2)ccn1. The minimum Gasteiger partial charge on any atom is -0.256 e. The maximum absolute atomic E-state index is 13.8. The quantitative estimate of drug-likeness (QED) is 0.629. The molecule has 20 heavy (non-hydrogen) atoms. The molecule has 0 atom stereocenters. The molecule has 0 spiro atoms. The fraction of sp³-hybridized carbons (Fsp3) is 0. The fourth-order valence-electron chi connectivity index (χ4n) is 2.07. The van der Waals surface area contributed by atoms with Crippen LogP contribution in [0.2, 0.25) is 5.02 Å². The van der Waals surface area contributed by atoms with Crippen LogP contribution < -0.4 is 0 Å². The molecule has 98 valence electrons. The van der Waals surface area contributed by atoms with Gasteiger partial charge in [0, 0.05) is 16.8 Å². The third-order valence-electron chi connectivity index (χ3n) is 3.09. The van der Waals surface area contributed by atoms with Gasteiger partial charge in [-0.25, -0.2) is 4.39 Å². The summed E-state index contributed by atoms with van der Waals surface area (Å²) in [5.74, 6) is -0.270. The van der Waals surface area contributed by atoms with Crippen molar-refractivity contribution in [2.24, 2.45) is 0 Å². The minimum atomic E-state index is -0.270. The molecule has 1 heterocycles. The molecule has 0 unspecified atom stereocenters. The molecule has 1 nitrogen and oxygen atoms in total. The highest BCUT2D eigenvalue weighted by Crippen LogP contribution is 2.26. The molecular formula is C17H11ClFN. The van der Waals surface area contributed by atoms with Crippen LogP contribution in [0.15, 0.2) is 66.9 Å². The van der Waals surface area contributed by atoms with Crippen molar-refractivity contribution in [2.75, 3.05) is 0 Å². The molecule has 1 aromatic heterocycles. The van der Waals surface area contributed by atoms with E-state index in [0.717, 1.165) is 11.1 Å². The number of hydrogen-bond acceptors (Lipinski definition) is 1. The lowest BCUT2D eigenvalue weighted by Crippen LogP contribution is -1.88. The first-order valence-electron chi connectivity index (χ1n) is 6.21. The summed E-state index contributed by atoms with van der Waals surface area (Å²) in [6.45, 7) is 0. The van der Waals surface area contributed by atoms with Crippen LogP contribution in [-0.4, -0.2) is 4.98 Å². The van der Waals surface area contributed by atoms with Crippen LogP contribution in [0.25, 0.3) is 22.4 Å². The summed E-state index contributed by atoms with van der Waals surface area (Å²) in [7, 11) is 0. The van der Waals surface area contributed by atoms with Gasteiger partial charge >= 0.3 is 0 Å². The number of halogens is 2. The van der Waals surface area contributed by atoms with Gasteiger partial charge in [0.2, 0.25) is 0 Å². The number of aromatic nitrogens is 1. The summed E-state index contributed by atoms with van der Waals surface area (Å²) in [5, 5.41) is 0.692. The zero-order valence-corrected chi connectivity index (χ0v) is 11.3. The predicted octanol–water partition coefficient (Wildman–Crippen LogP) is 5.21. The van der Waals surface area contributed by atoms with Gasteiger partial charge in [0.25, 0.3) is 0 Å². The average Bonchev–Trinajstić information content (AvgIpc) is 2.49. The van der Waals surface area contributed by atoms with E-state index in [4.69, 9.17) is 11.6 Å². The number of benzene rings is 2. The second kappa shape index (κ2) is 5.43. The van der Waals surface area contributed by atoms with Crippen molar-refractivity contribution in [1.29, 1.82) is 0 Å². The molecule has 0 aliphatic heterocycles. The molecule has 0 amide bonds. The Kier molecular flexibility index (Phi) is 3.48. The number of hydrogen-bond donors (Lipinski definition) is 0. The van der Waals surface area contributed by atoms with Gasteiger partial charge in [-0.2, -0.15) is 0 Å². The van der Waals surface area contributed by atoms with Crippen molar-refractivity contribution >= 4 is 11.6 Å². The molecule has 0 aliphatic rings. The number of rotatable bonds is 2. The van der Waals surface area contributed by atoms with Crippen molar-refractivity contribution in [3.63, 3.8) is 0 Å². The van der Waals surface area contributed by atoms with E-state index in [0.29, 0.717) is 16.3 Å². The first-order chi connectivity index (χ1) is 9.74. The maximum Gasteiger partial charge on any atom is 0.132 e. The van der Waals surface area contributed by atoms with E-state index >= 15 is 0 Å². The fourth-order valence-corrected chi connectivity index (χ4v) is 2.19. The lowest BCUT2D eigenvalue weighted by atomic mass is 10.0. The van der Waals surface area contributed by atoms with Gasteiger partial charge in [-0.3, -0.25) is 4.98 Å². The smallest absolute Gasteiger partial charge is 0.132 e. The molecule has 0 aliphatic carbocycles. The largest absolute Gasteiger partial charge is 0.256 e. The highest BCUT2D eigenvalue weighted by Gasteiger charge is 2.07. The summed E-state index contributed by atoms with van der Waals surface area (Å²) in [6.07, 6.45) is 1.69. The zero-order valence-electron chi connectivity index (χ0n) is 10.6. The van der Waals surface area contributed by atoms with Crippen LogP contribution in [0.3, 0.4) is 0 Å². The van der Waals surface area contributed by atoms with Gasteiger partial charge in [-0.05, 0) is 47.5 Å². The Morgan fingerprint density at radius 1 is 0.850 bits per heavy atom. The van der Waals surface area contributed by atoms with Gasteiger partial charge < -0.3 is 0 Å². The molecule has 3 rings (SSSR count). The Morgan fingerprint density at radius 2 is 1.60 bits per heavy atom. The Bertz CT molecular complexity index is 738. The molecule has 0 radical (unpaired) electrons. The molecule has 0 bridgehead atoms. The van der Waals surface area contributed by atoms with Crippen LogP contribution >= 0.6 is 11.6 Å². The van der Waals surface area contributed by atoms with E-state index in [9.17, 15) is 4.39 Å². The van der Waals surface area contributed by atoms with E-state index in [1.807, 2.05) is 36.4 Å². The van der Waals surface area contributed by atoms with E-state index < -0.39 is 0 Å². The Morgan fingerprint density at radius 3 is 2.35 bits per heavy atom.